The third-order valence-electron chi connectivity index (χ3n) is 10.1. The predicted octanol–water partition coefficient (Wildman–Crippen LogP) is 4.29. The highest BCUT2D eigenvalue weighted by Gasteiger charge is 2.48. The number of amides is 4. The van der Waals surface area contributed by atoms with Crippen molar-refractivity contribution in [1.29, 1.82) is 0 Å². The van der Waals surface area contributed by atoms with E-state index in [9.17, 15) is 23.6 Å². The van der Waals surface area contributed by atoms with Gasteiger partial charge in [0.05, 0.1) is 5.56 Å². The molecule has 0 saturated carbocycles. The van der Waals surface area contributed by atoms with E-state index in [1.807, 2.05) is 12.1 Å². The molecule has 230 valence electrons. The first kappa shape index (κ1) is 28.8. The summed E-state index contributed by atoms with van der Waals surface area (Å²) in [4.78, 5) is 56.2. The van der Waals surface area contributed by atoms with E-state index in [-0.39, 0.29) is 65.6 Å². The number of fused-ring (bicyclic) bond motifs is 3. The van der Waals surface area contributed by atoms with Crippen molar-refractivity contribution >= 4 is 29.2 Å². The van der Waals surface area contributed by atoms with Crippen molar-refractivity contribution in [3.8, 4) is 0 Å². The Morgan fingerprint density at radius 2 is 1.75 bits per heavy atom. The van der Waals surface area contributed by atoms with Crippen LogP contribution in [0, 0.1) is 17.0 Å². The first-order chi connectivity index (χ1) is 21.0. The maximum absolute atomic E-state index is 15.4. The van der Waals surface area contributed by atoms with Gasteiger partial charge in [-0.05, 0) is 78.5 Å². The van der Waals surface area contributed by atoms with Gasteiger partial charge in [-0.3, -0.25) is 29.4 Å². The van der Waals surface area contributed by atoms with Crippen LogP contribution < -0.4 is 5.32 Å². The average Bonchev–Trinajstić information content (AvgIpc) is 3.28. The van der Waals surface area contributed by atoms with Crippen molar-refractivity contribution in [3.63, 3.8) is 0 Å². The normalized spacial score (nSPS) is 26.5. The van der Waals surface area contributed by atoms with Gasteiger partial charge < -0.3 is 9.80 Å². The molecule has 0 spiro atoms. The molecule has 3 unspecified atom stereocenters. The Labute approximate surface area is 255 Å². The van der Waals surface area contributed by atoms with E-state index < -0.39 is 23.7 Å². The van der Waals surface area contributed by atoms with Gasteiger partial charge in [-0.15, -0.1) is 0 Å². The molecule has 4 amide bonds. The van der Waals surface area contributed by atoms with Gasteiger partial charge in [0.15, 0.2) is 0 Å². The van der Waals surface area contributed by atoms with E-state index in [1.165, 1.54) is 34.2 Å². The van der Waals surface area contributed by atoms with Crippen molar-refractivity contribution in [3.05, 3.63) is 75.9 Å². The predicted molar refractivity (Wildman–Crippen MR) is 158 cm³/mol. The smallest absolute Gasteiger partial charge is 0.257 e. The molecule has 5 heterocycles. The fourth-order valence-corrected chi connectivity index (χ4v) is 7.78. The maximum atomic E-state index is 15.4. The summed E-state index contributed by atoms with van der Waals surface area (Å²) in [7, 11) is 0. The van der Waals surface area contributed by atoms with Crippen LogP contribution in [0.1, 0.15) is 84.2 Å². The zero-order chi connectivity index (χ0) is 30.9. The number of piperazine rings is 1. The molecule has 44 heavy (non-hydrogen) atoms. The molecule has 3 atom stereocenters. The topological polar surface area (TPSA) is 90.0 Å². The highest BCUT2D eigenvalue weighted by atomic mass is 19.1. The second-order valence-corrected chi connectivity index (χ2v) is 13.8. The minimum absolute atomic E-state index is 0.0228. The van der Waals surface area contributed by atoms with Gasteiger partial charge in [0.1, 0.15) is 17.7 Å². The summed E-state index contributed by atoms with van der Waals surface area (Å²) in [5.41, 5.74) is 4.50. The highest BCUT2D eigenvalue weighted by Crippen LogP contribution is 2.44. The molecular formula is C34H36F2N4O4. The number of piperidine rings is 2. The Hall–Kier alpha value is -3.92. The average molecular weight is 603 g/mol. The summed E-state index contributed by atoms with van der Waals surface area (Å²) in [5, 5.41) is 2.27. The van der Waals surface area contributed by atoms with E-state index in [2.05, 4.69) is 24.1 Å². The number of nitrogens with one attached hydrogen (secondary N) is 1. The largest absolute Gasteiger partial charge is 0.330 e. The van der Waals surface area contributed by atoms with Crippen LogP contribution in [0.15, 0.2) is 42.0 Å². The molecule has 5 aliphatic heterocycles. The SMILES string of the molecule is CC1(C)CCC(CN2CC3CC(C2)N3C(=O)c2cc3c(cc2F)C(=O)N(C2CCC(=O)NC2=O)C3)=C(c2ccc(F)cc2)C1. The molecular weight excluding hydrogens is 566 g/mol. The van der Waals surface area contributed by atoms with Crippen molar-refractivity contribution in [2.75, 3.05) is 19.6 Å². The lowest BCUT2D eigenvalue weighted by Gasteiger charge is -2.56. The molecule has 2 aromatic carbocycles. The van der Waals surface area contributed by atoms with Crippen LogP contribution in [0.3, 0.4) is 0 Å². The van der Waals surface area contributed by atoms with Crippen LogP contribution in [0.5, 0.6) is 0 Å². The van der Waals surface area contributed by atoms with Gasteiger partial charge in [-0.25, -0.2) is 8.78 Å². The summed E-state index contributed by atoms with van der Waals surface area (Å²) in [6.07, 6.45) is 4.20. The molecule has 2 aromatic rings. The number of carbonyl (C=O) groups excluding carboxylic acids is 4. The molecule has 10 heteroatoms. The minimum atomic E-state index is -0.801. The first-order valence-corrected chi connectivity index (χ1v) is 15.5. The van der Waals surface area contributed by atoms with Crippen LogP contribution in [-0.4, -0.2) is 76.1 Å². The lowest BCUT2D eigenvalue weighted by atomic mass is 9.72. The second-order valence-electron chi connectivity index (χ2n) is 13.8. The molecule has 2 bridgehead atoms. The summed E-state index contributed by atoms with van der Waals surface area (Å²) < 4.78 is 29.0. The van der Waals surface area contributed by atoms with Gasteiger partial charge in [-0.1, -0.05) is 31.6 Å². The maximum Gasteiger partial charge on any atom is 0.257 e. The molecule has 1 aliphatic carbocycles. The third-order valence-corrected chi connectivity index (χ3v) is 10.1. The van der Waals surface area contributed by atoms with Gasteiger partial charge in [-0.2, -0.15) is 0 Å². The van der Waals surface area contributed by atoms with Gasteiger partial charge in [0.25, 0.3) is 11.8 Å². The van der Waals surface area contributed by atoms with Gasteiger partial charge in [0, 0.05) is 50.2 Å². The summed E-state index contributed by atoms with van der Waals surface area (Å²) in [5.74, 6) is -2.73. The zero-order valence-electron chi connectivity index (χ0n) is 25.0. The molecule has 8 rings (SSSR count). The fraction of sp³-hybridized carbons (Fsp3) is 0.471. The molecule has 4 saturated heterocycles. The highest BCUT2D eigenvalue weighted by molar-refractivity contribution is 6.06. The second kappa shape index (κ2) is 10.6. The van der Waals surface area contributed by atoms with Gasteiger partial charge >= 0.3 is 0 Å². The molecule has 0 radical (unpaired) electrons. The first-order valence-electron chi connectivity index (χ1n) is 15.5. The lowest BCUT2D eigenvalue weighted by molar-refractivity contribution is -0.136. The van der Waals surface area contributed by atoms with Crippen molar-refractivity contribution in [2.24, 2.45) is 5.41 Å². The van der Waals surface area contributed by atoms with Crippen LogP contribution in [-0.2, 0) is 16.1 Å². The summed E-state index contributed by atoms with van der Waals surface area (Å²) in [6, 6.07) is 8.49. The monoisotopic (exact) mass is 602 g/mol. The number of benzene rings is 2. The van der Waals surface area contributed by atoms with Crippen molar-refractivity contribution in [1.82, 2.24) is 20.0 Å². The number of carbonyl (C=O) groups is 4. The van der Waals surface area contributed by atoms with E-state index in [0.717, 1.165) is 43.9 Å². The number of halogens is 2. The minimum Gasteiger partial charge on any atom is -0.330 e. The van der Waals surface area contributed by atoms with Crippen LogP contribution in [0.4, 0.5) is 8.78 Å². The Kier molecular flexibility index (Phi) is 6.95. The van der Waals surface area contributed by atoms with Crippen LogP contribution >= 0.6 is 0 Å². The van der Waals surface area contributed by atoms with Crippen LogP contribution in [0.25, 0.3) is 5.57 Å². The number of imide groups is 1. The number of hydrogen-bond acceptors (Lipinski definition) is 5. The summed E-state index contributed by atoms with van der Waals surface area (Å²) in [6.45, 7) is 6.81. The van der Waals surface area contributed by atoms with Crippen LogP contribution in [0.2, 0.25) is 0 Å². The van der Waals surface area contributed by atoms with E-state index in [0.29, 0.717) is 18.7 Å². The third kappa shape index (κ3) is 5.02. The molecule has 6 aliphatic rings. The van der Waals surface area contributed by atoms with E-state index in [1.54, 1.807) is 4.90 Å². The Balaban J connectivity index is 1.05. The Morgan fingerprint density at radius 3 is 2.45 bits per heavy atom. The Morgan fingerprint density at radius 1 is 1.02 bits per heavy atom. The molecule has 1 N–H and O–H groups in total. The molecule has 4 fully saturated rings. The quantitative estimate of drug-likeness (QED) is 0.516. The molecule has 8 nitrogen and oxygen atoms in total. The number of allylic oxidation sites excluding steroid dienone is 1. The number of hydrogen-bond donors (Lipinski definition) is 1. The Bertz CT molecular complexity index is 1610. The van der Waals surface area contributed by atoms with Gasteiger partial charge in [0.2, 0.25) is 11.8 Å². The number of rotatable bonds is 5. The lowest BCUT2D eigenvalue weighted by Crippen LogP contribution is -2.70. The van der Waals surface area contributed by atoms with Crippen molar-refractivity contribution < 1.29 is 28.0 Å². The zero-order valence-corrected chi connectivity index (χ0v) is 25.0. The van der Waals surface area contributed by atoms with E-state index >= 15 is 4.39 Å². The van der Waals surface area contributed by atoms with Crippen molar-refractivity contribution in [2.45, 2.75) is 77.0 Å². The standard InChI is InChI=1S/C34H36F2N4O4/c1-34(2)10-9-20(27(14-34)19-3-5-22(35)6-4-19)15-38-17-23-12-24(18-38)40(23)33(44)26-11-21-16-39(32(43)25(21)13-28(26)36)29-7-8-30(41)37-31(29)42/h3-6,11,13,23-24,29H,7-10,12,14-18H2,1-2H3,(H,37,41,42). The molecule has 0 aromatic heterocycles. The summed E-state index contributed by atoms with van der Waals surface area (Å²) >= 11 is 0. The fourth-order valence-electron chi connectivity index (χ4n) is 7.78. The number of nitrogens with zero attached hydrogens (tertiary/aromatic N) is 3. The van der Waals surface area contributed by atoms with E-state index in [4.69, 9.17) is 0 Å².